The lowest BCUT2D eigenvalue weighted by molar-refractivity contribution is -0.127. The number of nitrogens with one attached hydrogen (secondary N) is 1. The van der Waals surface area contributed by atoms with Crippen LogP contribution in [0.25, 0.3) is 6.08 Å². The Morgan fingerprint density at radius 2 is 1.82 bits per heavy atom. The first kappa shape index (κ1) is 27.9. The van der Waals surface area contributed by atoms with Gasteiger partial charge in [0.1, 0.15) is 24.7 Å². The van der Waals surface area contributed by atoms with Gasteiger partial charge in [-0.25, -0.2) is 9.18 Å². The van der Waals surface area contributed by atoms with Gasteiger partial charge in [-0.1, -0.05) is 41.9 Å². The van der Waals surface area contributed by atoms with E-state index in [1.165, 1.54) is 36.4 Å². The number of hydrogen-bond acceptors (Lipinski definition) is 7. The highest BCUT2D eigenvalue weighted by molar-refractivity contribution is 8.18. The topological polar surface area (TPSA) is 102 Å². The van der Waals surface area contributed by atoms with E-state index in [2.05, 4.69) is 5.32 Å². The molecule has 8 nitrogen and oxygen atoms in total. The summed E-state index contributed by atoms with van der Waals surface area (Å²) >= 11 is 6.75. The zero-order valence-electron chi connectivity index (χ0n) is 20.6. The maximum atomic E-state index is 13.2. The average molecular weight is 569 g/mol. The maximum absolute atomic E-state index is 13.2. The number of imide groups is 1. The van der Waals surface area contributed by atoms with Crippen molar-refractivity contribution >= 4 is 58.1 Å². The van der Waals surface area contributed by atoms with Crippen LogP contribution < -0.4 is 10.1 Å². The number of anilines is 1. The van der Waals surface area contributed by atoms with Gasteiger partial charge in [-0.3, -0.25) is 19.3 Å². The first-order valence-corrected chi connectivity index (χ1v) is 12.9. The van der Waals surface area contributed by atoms with Crippen LogP contribution in [0.5, 0.6) is 5.75 Å². The normalized spacial score (nSPS) is 14.0. The molecule has 0 spiro atoms. The van der Waals surface area contributed by atoms with Crippen molar-refractivity contribution < 1.29 is 33.0 Å². The van der Waals surface area contributed by atoms with E-state index >= 15 is 0 Å². The maximum Gasteiger partial charge on any atom is 0.339 e. The predicted octanol–water partition coefficient (Wildman–Crippen LogP) is 5.91. The molecule has 3 amide bonds. The second kappa shape index (κ2) is 12.6. The van der Waals surface area contributed by atoms with Crippen LogP contribution >= 0.6 is 23.4 Å². The highest BCUT2D eigenvalue weighted by atomic mass is 35.5. The number of carbonyl (C=O) groups excluding carboxylic acids is 4. The van der Waals surface area contributed by atoms with Gasteiger partial charge in [0.25, 0.3) is 11.1 Å². The minimum atomic E-state index is -0.642. The fraction of sp³-hybridized carbons (Fsp3) is 0.143. The molecule has 1 N–H and O–H groups in total. The van der Waals surface area contributed by atoms with Gasteiger partial charge >= 0.3 is 5.97 Å². The third-order valence-corrected chi connectivity index (χ3v) is 6.67. The van der Waals surface area contributed by atoms with Crippen molar-refractivity contribution in [2.75, 3.05) is 18.5 Å². The molecule has 3 aromatic rings. The molecule has 3 aromatic carbocycles. The number of thioether (sulfide) groups is 1. The summed E-state index contributed by atoms with van der Waals surface area (Å²) in [4.78, 5) is 51.2. The van der Waals surface area contributed by atoms with Crippen molar-refractivity contribution in [1.29, 1.82) is 0 Å². The second-order valence-electron chi connectivity index (χ2n) is 8.18. The van der Waals surface area contributed by atoms with Gasteiger partial charge in [0.15, 0.2) is 0 Å². The SMILES string of the molecule is CCOC(=O)c1cc(NC(=O)CN2C(=O)S/C(=C\c3ccccc3OCc3ccc(F)cc3)C2=O)ccc1Cl. The fourth-order valence-corrected chi connectivity index (χ4v) is 4.59. The number of benzene rings is 3. The third-order valence-electron chi connectivity index (χ3n) is 5.43. The molecule has 39 heavy (non-hydrogen) atoms. The summed E-state index contributed by atoms with van der Waals surface area (Å²) in [6.45, 7) is 1.46. The van der Waals surface area contributed by atoms with Gasteiger partial charge in [0, 0.05) is 11.3 Å². The van der Waals surface area contributed by atoms with Crippen molar-refractivity contribution in [2.24, 2.45) is 0 Å². The number of carbonyl (C=O) groups is 4. The molecule has 0 aliphatic carbocycles. The van der Waals surface area contributed by atoms with Crippen LogP contribution in [-0.4, -0.2) is 41.1 Å². The van der Waals surface area contributed by atoms with Gasteiger partial charge in [-0.05, 0) is 66.7 Å². The van der Waals surface area contributed by atoms with Crippen LogP contribution in [0.4, 0.5) is 14.9 Å². The lowest BCUT2D eigenvalue weighted by Crippen LogP contribution is -2.36. The molecular weight excluding hydrogens is 547 g/mol. The number of amides is 3. The molecule has 11 heteroatoms. The molecule has 0 bridgehead atoms. The molecule has 1 aliphatic rings. The van der Waals surface area contributed by atoms with Crippen LogP contribution in [0.1, 0.15) is 28.4 Å². The highest BCUT2D eigenvalue weighted by Crippen LogP contribution is 2.34. The monoisotopic (exact) mass is 568 g/mol. The molecule has 1 heterocycles. The second-order valence-corrected chi connectivity index (χ2v) is 9.58. The van der Waals surface area contributed by atoms with Crippen LogP contribution in [0.3, 0.4) is 0 Å². The van der Waals surface area contributed by atoms with E-state index in [9.17, 15) is 23.6 Å². The van der Waals surface area contributed by atoms with E-state index in [-0.39, 0.29) is 40.2 Å². The van der Waals surface area contributed by atoms with Gasteiger partial charge < -0.3 is 14.8 Å². The van der Waals surface area contributed by atoms with Crippen LogP contribution in [-0.2, 0) is 20.9 Å². The molecular formula is C28H22ClFN2O6S. The van der Waals surface area contributed by atoms with E-state index in [4.69, 9.17) is 21.1 Å². The van der Waals surface area contributed by atoms with Crippen LogP contribution in [0, 0.1) is 5.82 Å². The number of nitrogens with zero attached hydrogens (tertiary/aromatic N) is 1. The zero-order valence-corrected chi connectivity index (χ0v) is 22.2. The Hall–Kier alpha value is -4.15. The lowest BCUT2D eigenvalue weighted by Gasteiger charge is -2.13. The molecule has 1 fully saturated rings. The minimum Gasteiger partial charge on any atom is -0.488 e. The number of para-hydroxylation sites is 1. The number of halogens is 2. The van der Waals surface area contributed by atoms with Crippen molar-refractivity contribution in [3.8, 4) is 5.75 Å². The summed E-state index contributed by atoms with van der Waals surface area (Å²) in [7, 11) is 0. The van der Waals surface area contributed by atoms with Gasteiger partial charge in [0.2, 0.25) is 5.91 Å². The summed E-state index contributed by atoms with van der Waals surface area (Å²) < 4.78 is 24.0. The Kier molecular flexibility index (Phi) is 9.00. The minimum absolute atomic E-state index is 0.0747. The Morgan fingerprint density at radius 3 is 2.56 bits per heavy atom. The first-order chi connectivity index (χ1) is 18.7. The van der Waals surface area contributed by atoms with Gasteiger partial charge in [-0.15, -0.1) is 0 Å². The number of rotatable bonds is 9. The Bertz CT molecular complexity index is 1460. The zero-order chi connectivity index (χ0) is 27.9. The summed E-state index contributed by atoms with van der Waals surface area (Å²) in [6.07, 6.45) is 1.52. The van der Waals surface area contributed by atoms with Crippen molar-refractivity contribution in [3.05, 3.63) is 99.2 Å². The van der Waals surface area contributed by atoms with Gasteiger partial charge in [-0.2, -0.15) is 0 Å². The number of ether oxygens (including phenoxy) is 2. The fourth-order valence-electron chi connectivity index (χ4n) is 3.56. The smallest absolute Gasteiger partial charge is 0.339 e. The first-order valence-electron chi connectivity index (χ1n) is 11.7. The third kappa shape index (κ3) is 7.04. The molecule has 0 atom stereocenters. The Labute approximate surface area is 232 Å². The molecule has 1 aliphatic heterocycles. The number of esters is 1. The Morgan fingerprint density at radius 1 is 1.08 bits per heavy atom. The molecule has 1 saturated heterocycles. The van der Waals surface area contributed by atoms with Crippen molar-refractivity contribution in [1.82, 2.24) is 4.90 Å². The predicted molar refractivity (Wildman–Crippen MR) is 146 cm³/mol. The van der Waals surface area contributed by atoms with E-state index in [0.29, 0.717) is 23.1 Å². The molecule has 4 rings (SSSR count). The summed E-state index contributed by atoms with van der Waals surface area (Å²) in [6, 6.07) is 17.1. The summed E-state index contributed by atoms with van der Waals surface area (Å²) in [5, 5.41) is 2.11. The molecule has 0 saturated carbocycles. The van der Waals surface area contributed by atoms with Crippen molar-refractivity contribution in [3.63, 3.8) is 0 Å². The average Bonchev–Trinajstić information content (AvgIpc) is 3.17. The quantitative estimate of drug-likeness (QED) is 0.253. The lowest BCUT2D eigenvalue weighted by atomic mass is 10.1. The van der Waals surface area contributed by atoms with E-state index in [1.807, 2.05) is 0 Å². The van der Waals surface area contributed by atoms with Crippen LogP contribution in [0.2, 0.25) is 5.02 Å². The largest absolute Gasteiger partial charge is 0.488 e. The summed E-state index contributed by atoms with van der Waals surface area (Å²) in [5.74, 6) is -1.79. The molecule has 200 valence electrons. The van der Waals surface area contributed by atoms with E-state index in [1.54, 1.807) is 43.3 Å². The Balaban J connectivity index is 1.43. The van der Waals surface area contributed by atoms with Crippen molar-refractivity contribution in [2.45, 2.75) is 13.5 Å². The molecule has 0 radical (unpaired) electrons. The molecule has 0 aromatic heterocycles. The van der Waals surface area contributed by atoms with Gasteiger partial charge in [0.05, 0.1) is 22.1 Å². The molecule has 0 unspecified atom stereocenters. The summed E-state index contributed by atoms with van der Waals surface area (Å²) in [5.41, 5.74) is 1.64. The number of hydrogen-bond donors (Lipinski definition) is 1. The van der Waals surface area contributed by atoms with E-state index in [0.717, 1.165) is 10.5 Å². The standard InChI is InChI=1S/C28H22ClFN2O6S/c1-2-37-27(35)21-14-20(11-12-22(21)29)31-25(33)15-32-26(34)24(39-28(32)36)13-18-5-3-4-6-23(18)38-16-17-7-9-19(30)10-8-17/h3-14H,2,15-16H2,1H3,(H,31,33)/b24-13-. The highest BCUT2D eigenvalue weighted by Gasteiger charge is 2.36. The van der Waals surface area contributed by atoms with E-state index < -0.39 is 29.6 Å². The van der Waals surface area contributed by atoms with Crippen LogP contribution in [0.15, 0.2) is 71.6 Å².